The number of amides is 4. The van der Waals surface area contributed by atoms with Crippen LogP contribution in [0.3, 0.4) is 0 Å². The molecule has 6 nitrogen and oxygen atoms in total. The first kappa shape index (κ1) is 22.6. The van der Waals surface area contributed by atoms with Gasteiger partial charge in [0.2, 0.25) is 0 Å². The smallest absolute Gasteiger partial charge is 0.335 e. The Morgan fingerprint density at radius 3 is 2.36 bits per heavy atom. The maximum Gasteiger partial charge on any atom is 0.335 e. The van der Waals surface area contributed by atoms with E-state index >= 15 is 0 Å². The number of nitrogens with zero attached hydrogens (tertiary/aromatic N) is 2. The minimum absolute atomic E-state index is 0.100. The first-order chi connectivity index (χ1) is 15.9. The second-order valence-electron chi connectivity index (χ2n) is 8.05. The van der Waals surface area contributed by atoms with Gasteiger partial charge in [0.05, 0.1) is 5.69 Å². The Kier molecular flexibility index (Phi) is 6.47. The third kappa shape index (κ3) is 4.76. The lowest BCUT2D eigenvalue weighted by atomic mass is 9.98. The Morgan fingerprint density at radius 1 is 1.00 bits per heavy atom. The van der Waals surface area contributed by atoms with Gasteiger partial charge in [-0.1, -0.05) is 49.7 Å². The molecule has 1 N–H and O–H groups in total. The van der Waals surface area contributed by atoms with Crippen LogP contribution in [0.2, 0.25) is 5.02 Å². The van der Waals surface area contributed by atoms with E-state index in [2.05, 4.69) is 19.2 Å². The number of halogens is 1. The van der Waals surface area contributed by atoms with Gasteiger partial charge in [-0.15, -0.1) is 0 Å². The minimum atomic E-state index is -0.755. The van der Waals surface area contributed by atoms with Gasteiger partial charge in [0.15, 0.2) is 0 Å². The molecule has 1 aliphatic rings. The van der Waals surface area contributed by atoms with Crippen LogP contribution in [0.15, 0.2) is 72.4 Å². The van der Waals surface area contributed by atoms with Crippen molar-refractivity contribution < 1.29 is 14.4 Å². The number of barbiturate groups is 1. The van der Waals surface area contributed by atoms with E-state index in [1.54, 1.807) is 12.1 Å². The molecule has 0 spiro atoms. The quantitative estimate of drug-likeness (QED) is 0.396. The van der Waals surface area contributed by atoms with Crippen LogP contribution >= 0.6 is 11.6 Å². The zero-order valence-electron chi connectivity index (χ0n) is 18.4. The number of carbonyl (C=O) groups excluding carboxylic acids is 3. The van der Waals surface area contributed by atoms with Gasteiger partial charge in [0.25, 0.3) is 11.8 Å². The van der Waals surface area contributed by atoms with Gasteiger partial charge in [0, 0.05) is 23.5 Å². The molecule has 4 amide bonds. The van der Waals surface area contributed by atoms with Crippen molar-refractivity contribution in [2.75, 3.05) is 4.90 Å². The van der Waals surface area contributed by atoms with Gasteiger partial charge < -0.3 is 4.57 Å². The van der Waals surface area contributed by atoms with Gasteiger partial charge in [-0.05, 0) is 65.9 Å². The van der Waals surface area contributed by atoms with Crippen LogP contribution in [0.5, 0.6) is 0 Å². The number of urea groups is 1. The predicted octanol–water partition coefficient (Wildman–Crippen LogP) is 5.37. The van der Waals surface area contributed by atoms with Gasteiger partial charge in [-0.3, -0.25) is 14.9 Å². The number of aromatic nitrogens is 1. The summed E-state index contributed by atoms with van der Waals surface area (Å²) in [6.45, 7) is 4.76. The molecule has 1 saturated heterocycles. The predicted molar refractivity (Wildman–Crippen MR) is 129 cm³/mol. The molecule has 0 saturated carbocycles. The van der Waals surface area contributed by atoms with Crippen molar-refractivity contribution >= 4 is 41.2 Å². The molecular weight excluding hydrogens is 438 g/mol. The molecule has 0 bridgehead atoms. The summed E-state index contributed by atoms with van der Waals surface area (Å²) in [5.41, 5.74) is 3.13. The fourth-order valence-electron chi connectivity index (χ4n) is 3.72. The topological polar surface area (TPSA) is 71.4 Å². The van der Waals surface area contributed by atoms with E-state index in [9.17, 15) is 14.4 Å². The highest BCUT2D eigenvalue weighted by atomic mass is 35.5. The van der Waals surface area contributed by atoms with Gasteiger partial charge in [-0.25, -0.2) is 9.69 Å². The van der Waals surface area contributed by atoms with Crippen LogP contribution in [-0.4, -0.2) is 22.4 Å². The van der Waals surface area contributed by atoms with Gasteiger partial charge in [0.1, 0.15) is 5.57 Å². The van der Waals surface area contributed by atoms with Crippen LogP contribution in [-0.2, 0) is 16.1 Å². The van der Waals surface area contributed by atoms with E-state index in [1.807, 2.05) is 59.3 Å². The third-order valence-electron chi connectivity index (χ3n) is 5.86. The maximum atomic E-state index is 13.2. The zero-order valence-corrected chi connectivity index (χ0v) is 19.2. The average Bonchev–Trinajstić information content (AvgIpc) is 3.24. The van der Waals surface area contributed by atoms with Crippen molar-refractivity contribution in [3.05, 3.63) is 94.3 Å². The Morgan fingerprint density at radius 2 is 1.70 bits per heavy atom. The maximum absolute atomic E-state index is 13.2. The molecule has 7 heteroatoms. The molecule has 2 aromatic carbocycles. The minimum Gasteiger partial charge on any atom is -0.344 e. The van der Waals surface area contributed by atoms with Crippen LogP contribution < -0.4 is 10.2 Å². The normalized spacial score (nSPS) is 16.3. The molecule has 33 heavy (non-hydrogen) atoms. The number of hydrogen-bond acceptors (Lipinski definition) is 3. The van der Waals surface area contributed by atoms with Crippen molar-refractivity contribution in [3.63, 3.8) is 0 Å². The molecule has 0 unspecified atom stereocenters. The lowest BCUT2D eigenvalue weighted by Crippen LogP contribution is -2.54. The van der Waals surface area contributed by atoms with E-state index in [0.717, 1.165) is 22.4 Å². The number of rotatable bonds is 6. The van der Waals surface area contributed by atoms with E-state index in [4.69, 9.17) is 11.6 Å². The summed E-state index contributed by atoms with van der Waals surface area (Å²) in [6, 6.07) is 17.6. The number of carbonyl (C=O) groups is 3. The average molecular weight is 462 g/mol. The number of nitrogens with one attached hydrogen (secondary N) is 1. The molecular formula is C26H24ClN3O3. The number of benzene rings is 2. The summed E-state index contributed by atoms with van der Waals surface area (Å²) in [5, 5.41) is 2.93. The second-order valence-corrected chi connectivity index (χ2v) is 8.48. The Balaban J connectivity index is 1.62. The van der Waals surface area contributed by atoms with Crippen molar-refractivity contribution in [2.45, 2.75) is 32.7 Å². The summed E-state index contributed by atoms with van der Waals surface area (Å²) in [6.07, 6.45) is 4.36. The Hall–Kier alpha value is -3.64. The van der Waals surface area contributed by atoms with Crippen LogP contribution in [0.4, 0.5) is 10.5 Å². The fourth-order valence-corrected chi connectivity index (χ4v) is 3.84. The van der Waals surface area contributed by atoms with Crippen LogP contribution in [0, 0.1) is 0 Å². The Labute approximate surface area is 197 Å². The van der Waals surface area contributed by atoms with E-state index < -0.39 is 17.8 Å². The van der Waals surface area contributed by atoms with Gasteiger partial charge in [-0.2, -0.15) is 0 Å². The monoisotopic (exact) mass is 461 g/mol. The lowest BCUT2D eigenvalue weighted by Gasteiger charge is -2.26. The van der Waals surface area contributed by atoms with E-state index in [1.165, 1.54) is 6.08 Å². The molecule has 3 aromatic rings. The third-order valence-corrected chi connectivity index (χ3v) is 6.11. The largest absolute Gasteiger partial charge is 0.344 e. The summed E-state index contributed by atoms with van der Waals surface area (Å²) in [4.78, 5) is 39.2. The van der Waals surface area contributed by atoms with Crippen LogP contribution in [0.25, 0.3) is 6.08 Å². The molecule has 0 aliphatic carbocycles. The summed E-state index contributed by atoms with van der Waals surface area (Å²) < 4.78 is 1.92. The summed E-state index contributed by atoms with van der Waals surface area (Å²) in [5.74, 6) is -0.994. The zero-order chi connectivity index (χ0) is 23.5. The molecule has 168 valence electrons. The van der Waals surface area contributed by atoms with Crippen LogP contribution in [0.1, 0.15) is 43.0 Å². The first-order valence-corrected chi connectivity index (χ1v) is 11.2. The van der Waals surface area contributed by atoms with Crippen molar-refractivity contribution in [3.8, 4) is 0 Å². The standard InChI is InChI=1S/C26H24ClN3O3/c1-3-17(2)19-8-12-21(13-9-19)30-25(32)23(24(31)28-26(30)33)15-22-5-4-14-29(22)16-18-6-10-20(27)11-7-18/h4-15,17H,3,16H2,1-2H3,(H,28,31,33)/b23-15-/t17-/m1/s1. The fraction of sp³-hybridized carbons (Fsp3) is 0.192. The highest BCUT2D eigenvalue weighted by Crippen LogP contribution is 2.26. The van der Waals surface area contributed by atoms with Crippen molar-refractivity contribution in [1.29, 1.82) is 0 Å². The second kappa shape index (κ2) is 9.46. The SMILES string of the molecule is CC[C@@H](C)c1ccc(N2C(=O)NC(=O)/C(=C/c3cccn3Cc3ccc(Cl)cc3)C2=O)cc1. The number of hydrogen-bond donors (Lipinski definition) is 1. The highest BCUT2D eigenvalue weighted by Gasteiger charge is 2.37. The molecule has 2 heterocycles. The van der Waals surface area contributed by atoms with Gasteiger partial charge >= 0.3 is 6.03 Å². The molecule has 4 rings (SSSR count). The molecule has 1 aromatic heterocycles. The van der Waals surface area contributed by atoms with E-state index in [0.29, 0.717) is 28.9 Å². The molecule has 0 radical (unpaired) electrons. The molecule has 1 aliphatic heterocycles. The number of imide groups is 2. The van der Waals surface area contributed by atoms with Crippen molar-refractivity contribution in [1.82, 2.24) is 9.88 Å². The van der Waals surface area contributed by atoms with E-state index in [-0.39, 0.29) is 5.57 Å². The molecule has 1 atom stereocenters. The highest BCUT2D eigenvalue weighted by molar-refractivity contribution is 6.39. The number of anilines is 1. The first-order valence-electron chi connectivity index (χ1n) is 10.8. The summed E-state index contributed by atoms with van der Waals surface area (Å²) >= 11 is 5.96. The lowest BCUT2D eigenvalue weighted by molar-refractivity contribution is -0.122. The summed E-state index contributed by atoms with van der Waals surface area (Å²) in [7, 11) is 0. The molecule has 1 fully saturated rings. The van der Waals surface area contributed by atoms with Crippen molar-refractivity contribution in [2.24, 2.45) is 0 Å². The Bertz CT molecular complexity index is 1230.